The average molecular weight is 203 g/mol. The van der Waals surface area contributed by atoms with Gasteiger partial charge in [0.05, 0.1) is 6.07 Å². The molecule has 0 fully saturated rings. The Balaban J connectivity index is 2.35. The number of esters is 1. The first-order valence-corrected chi connectivity index (χ1v) is 4.87. The summed E-state index contributed by atoms with van der Waals surface area (Å²) in [6.45, 7) is 1.79. The van der Waals surface area contributed by atoms with Crippen molar-refractivity contribution in [1.29, 1.82) is 5.26 Å². The van der Waals surface area contributed by atoms with Crippen LogP contribution in [0.15, 0.2) is 30.3 Å². The Morgan fingerprint density at radius 3 is 2.73 bits per heavy atom. The molecule has 1 atom stereocenters. The summed E-state index contributed by atoms with van der Waals surface area (Å²) >= 11 is 0. The average Bonchev–Trinajstić information content (AvgIpc) is 2.27. The summed E-state index contributed by atoms with van der Waals surface area (Å²) in [6.07, 6.45) is 0.825. The number of para-hydroxylation sites is 1. The molecule has 0 spiro atoms. The van der Waals surface area contributed by atoms with Gasteiger partial charge in [-0.1, -0.05) is 18.2 Å². The van der Waals surface area contributed by atoms with Gasteiger partial charge in [0, 0.05) is 12.3 Å². The zero-order valence-electron chi connectivity index (χ0n) is 8.64. The molecule has 0 aliphatic heterocycles. The Labute approximate surface area is 89.3 Å². The van der Waals surface area contributed by atoms with Gasteiger partial charge in [0.25, 0.3) is 0 Å². The lowest BCUT2D eigenvalue weighted by atomic mass is 10.1. The number of carbonyl (C=O) groups is 1. The summed E-state index contributed by atoms with van der Waals surface area (Å²) < 4.78 is 5.06. The van der Waals surface area contributed by atoms with E-state index in [0.29, 0.717) is 12.2 Å². The van der Waals surface area contributed by atoms with Crippen LogP contribution < -0.4 is 4.74 Å². The minimum atomic E-state index is -0.289. The predicted molar refractivity (Wildman–Crippen MR) is 56.1 cm³/mol. The molecule has 3 heteroatoms. The van der Waals surface area contributed by atoms with Gasteiger partial charge in [-0.3, -0.25) is 4.79 Å². The summed E-state index contributed by atoms with van der Waals surface area (Å²) in [5.74, 6) is 0.156. The van der Waals surface area contributed by atoms with E-state index in [1.54, 1.807) is 31.2 Å². The molecule has 0 aliphatic carbocycles. The molecule has 0 saturated heterocycles. The molecular formula is C12H13NO2. The first-order chi connectivity index (χ1) is 7.22. The quantitative estimate of drug-likeness (QED) is 0.558. The van der Waals surface area contributed by atoms with Crippen LogP contribution in [0.1, 0.15) is 19.8 Å². The molecule has 1 rings (SSSR count). The third kappa shape index (κ3) is 4.28. The normalized spacial score (nSPS) is 11.5. The molecule has 0 aromatic heterocycles. The van der Waals surface area contributed by atoms with Crippen molar-refractivity contribution in [3.63, 3.8) is 0 Å². The van der Waals surface area contributed by atoms with Crippen LogP contribution in [-0.2, 0) is 4.79 Å². The number of hydrogen-bond donors (Lipinski definition) is 0. The van der Waals surface area contributed by atoms with Crippen LogP contribution in [0.3, 0.4) is 0 Å². The second-order valence-corrected chi connectivity index (χ2v) is 3.36. The van der Waals surface area contributed by atoms with Crippen molar-refractivity contribution in [1.82, 2.24) is 0 Å². The zero-order chi connectivity index (χ0) is 11.1. The number of hydrogen-bond acceptors (Lipinski definition) is 3. The van der Waals surface area contributed by atoms with Gasteiger partial charge < -0.3 is 4.74 Å². The molecule has 0 heterocycles. The standard InChI is InChI=1S/C12H13NO2/c1-10(9-13)7-8-12(14)15-11-5-3-2-4-6-11/h2-6,10H,7-8H2,1H3. The highest BCUT2D eigenvalue weighted by atomic mass is 16.5. The lowest BCUT2D eigenvalue weighted by Gasteiger charge is -2.04. The Morgan fingerprint density at radius 2 is 2.13 bits per heavy atom. The van der Waals surface area contributed by atoms with E-state index in [1.807, 2.05) is 6.07 Å². The molecule has 0 aliphatic rings. The highest BCUT2D eigenvalue weighted by Crippen LogP contribution is 2.11. The minimum absolute atomic E-state index is 0.103. The van der Waals surface area contributed by atoms with Gasteiger partial charge in [-0.05, 0) is 25.5 Å². The smallest absolute Gasteiger partial charge is 0.311 e. The fourth-order valence-corrected chi connectivity index (χ4v) is 1.07. The van der Waals surface area contributed by atoms with Crippen molar-refractivity contribution in [3.05, 3.63) is 30.3 Å². The lowest BCUT2D eigenvalue weighted by Crippen LogP contribution is -2.09. The van der Waals surface area contributed by atoms with Gasteiger partial charge in [0.1, 0.15) is 5.75 Å². The van der Waals surface area contributed by atoms with Crippen LogP contribution in [0.25, 0.3) is 0 Å². The largest absolute Gasteiger partial charge is 0.427 e. The SMILES string of the molecule is CC(C#N)CCC(=O)Oc1ccccc1. The maximum Gasteiger partial charge on any atom is 0.311 e. The van der Waals surface area contributed by atoms with Crippen molar-refractivity contribution in [2.24, 2.45) is 5.92 Å². The molecule has 0 bridgehead atoms. The molecule has 0 N–H and O–H groups in total. The molecule has 0 radical (unpaired) electrons. The monoisotopic (exact) mass is 203 g/mol. The van der Waals surface area contributed by atoms with Crippen molar-refractivity contribution < 1.29 is 9.53 Å². The maximum atomic E-state index is 11.3. The van der Waals surface area contributed by atoms with Crippen molar-refractivity contribution in [3.8, 4) is 11.8 Å². The van der Waals surface area contributed by atoms with Gasteiger partial charge in [0.15, 0.2) is 0 Å². The molecule has 1 unspecified atom stereocenters. The Bertz CT molecular complexity index is 354. The van der Waals surface area contributed by atoms with Crippen LogP contribution in [0, 0.1) is 17.2 Å². The first kappa shape index (κ1) is 11.3. The van der Waals surface area contributed by atoms with Gasteiger partial charge in [-0.25, -0.2) is 0 Å². The number of nitrogens with zero attached hydrogens (tertiary/aromatic N) is 1. The maximum absolute atomic E-state index is 11.3. The van der Waals surface area contributed by atoms with Crippen LogP contribution in [-0.4, -0.2) is 5.97 Å². The highest BCUT2D eigenvalue weighted by Gasteiger charge is 2.07. The van der Waals surface area contributed by atoms with Gasteiger partial charge >= 0.3 is 5.97 Å². The number of nitriles is 1. The molecule has 0 saturated carbocycles. The second-order valence-electron chi connectivity index (χ2n) is 3.36. The van der Waals surface area contributed by atoms with E-state index in [4.69, 9.17) is 10.00 Å². The number of rotatable bonds is 4. The number of ether oxygens (including phenoxy) is 1. The van der Waals surface area contributed by atoms with Gasteiger partial charge in [0.2, 0.25) is 0 Å². The van der Waals surface area contributed by atoms with E-state index in [1.165, 1.54) is 0 Å². The Hall–Kier alpha value is -1.82. The fourth-order valence-electron chi connectivity index (χ4n) is 1.07. The third-order valence-corrected chi connectivity index (χ3v) is 1.98. The van der Waals surface area contributed by atoms with Crippen LogP contribution in [0.5, 0.6) is 5.75 Å². The summed E-state index contributed by atoms with van der Waals surface area (Å²) in [4.78, 5) is 11.3. The lowest BCUT2D eigenvalue weighted by molar-refractivity contribution is -0.134. The highest BCUT2D eigenvalue weighted by molar-refractivity contribution is 5.72. The predicted octanol–water partition coefficient (Wildman–Crippen LogP) is 2.53. The molecule has 15 heavy (non-hydrogen) atoms. The van der Waals surface area contributed by atoms with Gasteiger partial charge in [-0.15, -0.1) is 0 Å². The van der Waals surface area contributed by atoms with Gasteiger partial charge in [-0.2, -0.15) is 5.26 Å². The number of benzene rings is 1. The van der Waals surface area contributed by atoms with Crippen molar-refractivity contribution >= 4 is 5.97 Å². The van der Waals surface area contributed by atoms with E-state index in [0.717, 1.165) is 0 Å². The van der Waals surface area contributed by atoms with Crippen LogP contribution >= 0.6 is 0 Å². The topological polar surface area (TPSA) is 50.1 Å². The van der Waals surface area contributed by atoms with Crippen molar-refractivity contribution in [2.45, 2.75) is 19.8 Å². The Morgan fingerprint density at radius 1 is 1.47 bits per heavy atom. The fraction of sp³-hybridized carbons (Fsp3) is 0.333. The number of carbonyl (C=O) groups excluding carboxylic acids is 1. The molecule has 1 aromatic carbocycles. The molecular weight excluding hydrogens is 190 g/mol. The van der Waals surface area contributed by atoms with Crippen LogP contribution in [0.4, 0.5) is 0 Å². The summed E-state index contributed by atoms with van der Waals surface area (Å²) in [6, 6.07) is 11.0. The van der Waals surface area contributed by atoms with E-state index >= 15 is 0 Å². The zero-order valence-corrected chi connectivity index (χ0v) is 8.64. The summed E-state index contributed by atoms with van der Waals surface area (Å²) in [5, 5.41) is 8.54. The molecule has 78 valence electrons. The summed E-state index contributed by atoms with van der Waals surface area (Å²) in [5.41, 5.74) is 0. The Kier molecular flexibility index (Phi) is 4.36. The first-order valence-electron chi connectivity index (χ1n) is 4.87. The van der Waals surface area contributed by atoms with Crippen molar-refractivity contribution in [2.75, 3.05) is 0 Å². The molecule has 1 aromatic rings. The minimum Gasteiger partial charge on any atom is -0.427 e. The summed E-state index contributed by atoms with van der Waals surface area (Å²) in [7, 11) is 0. The third-order valence-electron chi connectivity index (χ3n) is 1.98. The molecule has 0 amide bonds. The molecule has 3 nitrogen and oxygen atoms in total. The van der Waals surface area contributed by atoms with E-state index < -0.39 is 0 Å². The van der Waals surface area contributed by atoms with E-state index in [-0.39, 0.29) is 18.3 Å². The van der Waals surface area contributed by atoms with E-state index in [2.05, 4.69) is 6.07 Å². The van der Waals surface area contributed by atoms with Crippen LogP contribution in [0.2, 0.25) is 0 Å². The van der Waals surface area contributed by atoms with E-state index in [9.17, 15) is 4.79 Å². The second kappa shape index (κ2) is 5.82.